The maximum atomic E-state index is 12.7. The van der Waals surface area contributed by atoms with Crippen molar-refractivity contribution in [3.05, 3.63) is 33.6 Å². The third kappa shape index (κ3) is 2.35. The van der Waals surface area contributed by atoms with Gasteiger partial charge in [0.05, 0.1) is 4.88 Å². The summed E-state index contributed by atoms with van der Waals surface area (Å²) < 4.78 is 5.28. The molecule has 1 saturated heterocycles. The molecule has 0 unspecified atom stereocenters. The molecule has 0 spiro atoms. The van der Waals surface area contributed by atoms with Crippen molar-refractivity contribution in [1.29, 1.82) is 0 Å². The number of thiophene rings is 1. The topological polar surface area (TPSA) is 59.2 Å². The van der Waals surface area contributed by atoms with Crippen LogP contribution in [0, 0.1) is 13.8 Å². The minimum Gasteiger partial charge on any atom is -0.337 e. The lowest BCUT2D eigenvalue weighted by atomic mass is 10.0. The summed E-state index contributed by atoms with van der Waals surface area (Å²) in [7, 11) is 0. The zero-order chi connectivity index (χ0) is 14.1. The maximum absolute atomic E-state index is 12.7. The summed E-state index contributed by atoms with van der Waals surface area (Å²) in [5.74, 6) is 1.26. The number of carbonyl (C=O) groups excluding carboxylic acids is 1. The molecule has 0 saturated carbocycles. The fourth-order valence-electron chi connectivity index (χ4n) is 2.60. The normalized spacial score (nSPS) is 19.3. The minimum atomic E-state index is -0.0843. The monoisotopic (exact) mass is 291 g/mol. The zero-order valence-corrected chi connectivity index (χ0v) is 12.4. The molecule has 2 aromatic rings. The Hall–Kier alpha value is -1.69. The van der Waals surface area contributed by atoms with Crippen molar-refractivity contribution < 1.29 is 9.32 Å². The smallest absolute Gasteiger partial charge is 0.264 e. The largest absolute Gasteiger partial charge is 0.337 e. The van der Waals surface area contributed by atoms with Gasteiger partial charge in [-0.25, -0.2) is 0 Å². The van der Waals surface area contributed by atoms with Crippen molar-refractivity contribution in [2.45, 2.75) is 39.2 Å². The molecule has 3 heterocycles. The van der Waals surface area contributed by atoms with E-state index in [0.29, 0.717) is 11.7 Å². The van der Waals surface area contributed by atoms with E-state index < -0.39 is 0 Å². The Morgan fingerprint density at radius 1 is 1.45 bits per heavy atom. The Morgan fingerprint density at radius 3 is 2.95 bits per heavy atom. The summed E-state index contributed by atoms with van der Waals surface area (Å²) in [5.41, 5.74) is 1.03. The molecule has 20 heavy (non-hydrogen) atoms. The second-order valence-electron chi connectivity index (χ2n) is 5.12. The first-order valence-corrected chi connectivity index (χ1v) is 7.70. The maximum Gasteiger partial charge on any atom is 0.264 e. The summed E-state index contributed by atoms with van der Waals surface area (Å²) in [4.78, 5) is 19.7. The molecule has 0 N–H and O–H groups in total. The molecule has 106 valence electrons. The average molecular weight is 291 g/mol. The second kappa shape index (κ2) is 5.36. The molecule has 0 aromatic carbocycles. The van der Waals surface area contributed by atoms with Gasteiger partial charge in [0.15, 0.2) is 5.82 Å². The van der Waals surface area contributed by atoms with E-state index in [1.165, 1.54) is 11.3 Å². The predicted octanol–water partition coefficient (Wildman–Crippen LogP) is 3.12. The van der Waals surface area contributed by atoms with Crippen molar-refractivity contribution in [2.75, 3.05) is 6.54 Å². The average Bonchev–Trinajstić information content (AvgIpc) is 3.07. The van der Waals surface area contributed by atoms with Gasteiger partial charge in [-0.1, -0.05) is 5.16 Å². The summed E-state index contributed by atoms with van der Waals surface area (Å²) in [6.07, 6.45) is 3.00. The summed E-state index contributed by atoms with van der Waals surface area (Å²) in [6.45, 7) is 4.52. The van der Waals surface area contributed by atoms with Crippen LogP contribution in [0.4, 0.5) is 0 Å². The van der Waals surface area contributed by atoms with Gasteiger partial charge >= 0.3 is 0 Å². The number of amides is 1. The van der Waals surface area contributed by atoms with Gasteiger partial charge < -0.3 is 9.42 Å². The Labute approximate surface area is 121 Å². The molecular weight excluding hydrogens is 274 g/mol. The molecule has 6 heteroatoms. The SMILES string of the molecule is Cc1noc([C@H]2CCCCN2C(=O)c2sccc2C)n1. The third-order valence-electron chi connectivity index (χ3n) is 3.65. The van der Waals surface area contributed by atoms with E-state index in [4.69, 9.17) is 4.52 Å². The molecule has 0 radical (unpaired) electrons. The molecule has 0 aliphatic carbocycles. The standard InChI is InChI=1S/C14H17N3O2S/c1-9-6-8-20-12(9)14(18)17-7-4-3-5-11(17)13-15-10(2)16-19-13/h6,8,11H,3-5,7H2,1-2H3/t11-/m1/s1. The highest BCUT2D eigenvalue weighted by atomic mass is 32.1. The van der Waals surface area contributed by atoms with E-state index in [9.17, 15) is 4.79 Å². The molecule has 0 bridgehead atoms. The highest BCUT2D eigenvalue weighted by Gasteiger charge is 2.33. The van der Waals surface area contributed by atoms with E-state index in [2.05, 4.69) is 10.1 Å². The Balaban J connectivity index is 1.89. The molecule has 1 atom stereocenters. The van der Waals surface area contributed by atoms with Crippen LogP contribution in [-0.4, -0.2) is 27.5 Å². The van der Waals surface area contributed by atoms with Gasteiger partial charge in [-0.05, 0) is 50.1 Å². The number of likely N-dealkylation sites (tertiary alicyclic amines) is 1. The first-order chi connectivity index (χ1) is 9.66. The third-order valence-corrected chi connectivity index (χ3v) is 4.65. The molecule has 5 nitrogen and oxygen atoms in total. The number of nitrogens with zero attached hydrogens (tertiary/aromatic N) is 3. The van der Waals surface area contributed by atoms with Gasteiger partial charge in [0, 0.05) is 6.54 Å². The van der Waals surface area contributed by atoms with Crippen LogP contribution in [-0.2, 0) is 0 Å². The number of aromatic nitrogens is 2. The van der Waals surface area contributed by atoms with Crippen LogP contribution < -0.4 is 0 Å². The van der Waals surface area contributed by atoms with Crippen LogP contribution in [0.2, 0.25) is 0 Å². The lowest BCUT2D eigenvalue weighted by molar-refractivity contribution is 0.0565. The number of hydrogen-bond acceptors (Lipinski definition) is 5. The van der Waals surface area contributed by atoms with Crippen LogP contribution in [0.1, 0.15) is 52.3 Å². The fraction of sp³-hybridized carbons (Fsp3) is 0.500. The summed E-state index contributed by atoms with van der Waals surface area (Å²) >= 11 is 1.50. The first-order valence-electron chi connectivity index (χ1n) is 6.82. The number of aryl methyl sites for hydroxylation is 2. The van der Waals surface area contributed by atoms with E-state index in [0.717, 1.165) is 36.2 Å². The minimum absolute atomic E-state index is 0.0815. The van der Waals surface area contributed by atoms with Gasteiger partial charge in [-0.15, -0.1) is 11.3 Å². The number of carbonyl (C=O) groups is 1. The molecule has 2 aromatic heterocycles. The number of rotatable bonds is 2. The second-order valence-corrected chi connectivity index (χ2v) is 6.04. The summed E-state index contributed by atoms with van der Waals surface area (Å²) in [6, 6.07) is 1.90. The van der Waals surface area contributed by atoms with Gasteiger partial charge in [-0.3, -0.25) is 4.79 Å². The zero-order valence-electron chi connectivity index (χ0n) is 11.6. The van der Waals surface area contributed by atoms with Crippen LogP contribution in [0.5, 0.6) is 0 Å². The number of hydrogen-bond donors (Lipinski definition) is 0. The predicted molar refractivity (Wildman–Crippen MR) is 75.7 cm³/mol. The van der Waals surface area contributed by atoms with E-state index in [1.807, 2.05) is 23.3 Å². The molecular formula is C14H17N3O2S. The Bertz CT molecular complexity index is 619. The lowest BCUT2D eigenvalue weighted by Gasteiger charge is -2.33. The van der Waals surface area contributed by atoms with E-state index >= 15 is 0 Å². The van der Waals surface area contributed by atoms with Crippen molar-refractivity contribution >= 4 is 17.2 Å². The quantitative estimate of drug-likeness (QED) is 0.853. The van der Waals surface area contributed by atoms with Crippen molar-refractivity contribution in [3.8, 4) is 0 Å². The molecule has 1 aliphatic rings. The van der Waals surface area contributed by atoms with Crippen LogP contribution in [0.25, 0.3) is 0 Å². The van der Waals surface area contributed by atoms with Crippen LogP contribution in [0.15, 0.2) is 16.0 Å². The lowest BCUT2D eigenvalue weighted by Crippen LogP contribution is -2.38. The van der Waals surface area contributed by atoms with E-state index in [1.54, 1.807) is 6.92 Å². The Kier molecular flexibility index (Phi) is 3.56. The van der Waals surface area contributed by atoms with Gasteiger partial charge in [-0.2, -0.15) is 4.98 Å². The first kappa shape index (κ1) is 13.3. The van der Waals surface area contributed by atoms with Crippen molar-refractivity contribution in [1.82, 2.24) is 15.0 Å². The summed E-state index contributed by atoms with van der Waals surface area (Å²) in [5, 5.41) is 5.80. The molecule has 1 aliphatic heterocycles. The van der Waals surface area contributed by atoms with Crippen LogP contribution in [0.3, 0.4) is 0 Å². The van der Waals surface area contributed by atoms with E-state index in [-0.39, 0.29) is 11.9 Å². The molecule has 1 amide bonds. The Morgan fingerprint density at radius 2 is 2.30 bits per heavy atom. The molecule has 1 fully saturated rings. The highest BCUT2D eigenvalue weighted by molar-refractivity contribution is 7.12. The van der Waals surface area contributed by atoms with Crippen molar-refractivity contribution in [2.24, 2.45) is 0 Å². The van der Waals surface area contributed by atoms with Gasteiger partial charge in [0.2, 0.25) is 5.89 Å². The van der Waals surface area contributed by atoms with Crippen molar-refractivity contribution in [3.63, 3.8) is 0 Å². The molecule has 3 rings (SSSR count). The highest BCUT2D eigenvalue weighted by Crippen LogP contribution is 2.32. The fourth-order valence-corrected chi connectivity index (χ4v) is 3.48. The van der Waals surface area contributed by atoms with Crippen LogP contribution >= 0.6 is 11.3 Å². The van der Waals surface area contributed by atoms with Gasteiger partial charge in [0.25, 0.3) is 5.91 Å². The van der Waals surface area contributed by atoms with Gasteiger partial charge in [0.1, 0.15) is 6.04 Å². The number of piperidine rings is 1.